The third-order valence-corrected chi connectivity index (χ3v) is 8.05. The van der Waals surface area contributed by atoms with Crippen molar-refractivity contribution in [2.45, 2.75) is 37.4 Å². The van der Waals surface area contributed by atoms with Crippen LogP contribution in [0, 0.1) is 5.92 Å². The molecular formula is C16H21NO4S2. The molecule has 7 heteroatoms. The fraction of sp³-hybridized carbons (Fsp3) is 0.625. The molecule has 2 heterocycles. The Morgan fingerprint density at radius 1 is 1.17 bits per heavy atom. The van der Waals surface area contributed by atoms with E-state index >= 15 is 0 Å². The van der Waals surface area contributed by atoms with Crippen molar-refractivity contribution < 1.29 is 18.0 Å². The van der Waals surface area contributed by atoms with Crippen LogP contribution < -0.4 is 0 Å². The highest BCUT2D eigenvalue weighted by Crippen LogP contribution is 2.33. The quantitative estimate of drug-likeness (QED) is 0.815. The van der Waals surface area contributed by atoms with Crippen LogP contribution in [0.2, 0.25) is 0 Å². The molecule has 23 heavy (non-hydrogen) atoms. The SMILES string of the molecule is O=C1CCC(C(=O)N2CCC(c3cccs3)S(=O)(=O)CC2)CC1. The fourth-order valence-electron chi connectivity index (χ4n) is 3.40. The lowest BCUT2D eigenvalue weighted by atomic mass is 9.87. The van der Waals surface area contributed by atoms with Crippen molar-refractivity contribution in [1.82, 2.24) is 4.90 Å². The third-order valence-electron chi connectivity index (χ3n) is 4.81. The second kappa shape index (κ2) is 6.73. The maximum Gasteiger partial charge on any atom is 0.225 e. The lowest BCUT2D eigenvalue weighted by molar-refractivity contribution is -0.137. The standard InChI is InChI=1S/C16H21NO4S2/c18-13-5-3-12(4-6-13)16(19)17-8-7-15(14-2-1-10-22-14)23(20,21)11-9-17/h1-2,10,12,15H,3-9,11H2. The van der Waals surface area contributed by atoms with Crippen molar-refractivity contribution in [3.8, 4) is 0 Å². The van der Waals surface area contributed by atoms with Gasteiger partial charge in [-0.3, -0.25) is 9.59 Å². The van der Waals surface area contributed by atoms with E-state index in [9.17, 15) is 18.0 Å². The summed E-state index contributed by atoms with van der Waals surface area (Å²) in [6, 6.07) is 3.72. The molecule has 1 saturated carbocycles. The zero-order valence-corrected chi connectivity index (χ0v) is 14.6. The number of rotatable bonds is 2. The molecule has 126 valence electrons. The fourth-order valence-corrected chi connectivity index (χ4v) is 6.41. The minimum absolute atomic E-state index is 0.0208. The summed E-state index contributed by atoms with van der Waals surface area (Å²) in [7, 11) is -3.23. The highest BCUT2D eigenvalue weighted by atomic mass is 32.2. The average molecular weight is 355 g/mol. The Bertz CT molecular complexity index is 671. The van der Waals surface area contributed by atoms with Crippen LogP contribution in [0.15, 0.2) is 17.5 Å². The van der Waals surface area contributed by atoms with Crippen molar-refractivity contribution in [2.75, 3.05) is 18.8 Å². The number of thiophene rings is 1. The normalized spacial score (nSPS) is 26.0. The monoisotopic (exact) mass is 355 g/mol. The molecule has 1 aliphatic carbocycles. The van der Waals surface area contributed by atoms with E-state index in [0.717, 1.165) is 4.88 Å². The second-order valence-corrected chi connectivity index (χ2v) is 9.58. The molecular weight excluding hydrogens is 334 g/mol. The van der Waals surface area contributed by atoms with Crippen LogP contribution in [0.1, 0.15) is 42.2 Å². The van der Waals surface area contributed by atoms with Crippen LogP contribution in [0.4, 0.5) is 0 Å². The molecule has 3 rings (SSSR count). The highest BCUT2D eigenvalue weighted by molar-refractivity contribution is 7.91. The van der Waals surface area contributed by atoms with Crippen LogP contribution >= 0.6 is 11.3 Å². The van der Waals surface area contributed by atoms with Gasteiger partial charge in [0.25, 0.3) is 0 Å². The van der Waals surface area contributed by atoms with Gasteiger partial charge in [0, 0.05) is 36.7 Å². The van der Waals surface area contributed by atoms with Crippen molar-refractivity contribution in [3.05, 3.63) is 22.4 Å². The summed E-state index contributed by atoms with van der Waals surface area (Å²) >= 11 is 1.46. The largest absolute Gasteiger partial charge is 0.341 e. The molecule has 2 fully saturated rings. The molecule has 1 unspecified atom stereocenters. The van der Waals surface area contributed by atoms with Gasteiger partial charge in [-0.2, -0.15) is 0 Å². The van der Waals surface area contributed by atoms with Crippen LogP contribution in [0.25, 0.3) is 0 Å². The maximum absolute atomic E-state index is 12.6. The predicted octanol–water partition coefficient (Wildman–Crippen LogP) is 2.20. The number of Topliss-reactive ketones (excluding diaryl/α,β-unsaturated/α-hetero) is 1. The van der Waals surface area contributed by atoms with Crippen molar-refractivity contribution in [3.63, 3.8) is 0 Å². The lowest BCUT2D eigenvalue weighted by Gasteiger charge is -2.27. The summed E-state index contributed by atoms with van der Waals surface area (Å²) in [4.78, 5) is 26.5. The van der Waals surface area contributed by atoms with Gasteiger partial charge in [0.1, 0.15) is 5.78 Å². The zero-order valence-electron chi connectivity index (χ0n) is 12.9. The Kier molecular flexibility index (Phi) is 4.87. The molecule has 1 saturated heterocycles. The minimum atomic E-state index is -3.23. The van der Waals surface area contributed by atoms with Crippen LogP contribution in [-0.2, 0) is 19.4 Å². The summed E-state index contributed by atoms with van der Waals surface area (Å²) in [5.74, 6) is 0.158. The number of sulfone groups is 1. The molecule has 1 amide bonds. The highest BCUT2D eigenvalue weighted by Gasteiger charge is 2.35. The van der Waals surface area contributed by atoms with Gasteiger partial charge in [0.05, 0.1) is 11.0 Å². The average Bonchev–Trinajstić information content (AvgIpc) is 2.99. The zero-order chi connectivity index (χ0) is 16.4. The van der Waals surface area contributed by atoms with E-state index in [1.54, 1.807) is 4.90 Å². The molecule has 5 nitrogen and oxygen atoms in total. The summed E-state index contributed by atoms with van der Waals surface area (Å²) in [5.41, 5.74) is 0. The van der Waals surface area contributed by atoms with Gasteiger partial charge in [-0.1, -0.05) is 6.07 Å². The Morgan fingerprint density at radius 2 is 1.91 bits per heavy atom. The van der Waals surface area contributed by atoms with Gasteiger partial charge < -0.3 is 4.90 Å². The Balaban J connectivity index is 1.70. The maximum atomic E-state index is 12.6. The Hall–Kier alpha value is -1.21. The topological polar surface area (TPSA) is 71.5 Å². The molecule has 0 N–H and O–H groups in total. The van der Waals surface area contributed by atoms with E-state index in [1.165, 1.54) is 11.3 Å². The molecule has 1 atom stereocenters. The van der Waals surface area contributed by atoms with Crippen molar-refractivity contribution in [1.29, 1.82) is 0 Å². The number of carbonyl (C=O) groups excluding carboxylic acids is 2. The summed E-state index contributed by atoms with van der Waals surface area (Å²) in [6.45, 7) is 0.749. The van der Waals surface area contributed by atoms with Gasteiger partial charge in [0.15, 0.2) is 9.84 Å². The summed E-state index contributed by atoms with van der Waals surface area (Å²) < 4.78 is 25.0. The number of carbonyl (C=O) groups is 2. The number of ketones is 1. The van der Waals surface area contributed by atoms with Gasteiger partial charge >= 0.3 is 0 Å². The first-order valence-corrected chi connectivity index (χ1v) is 10.6. The van der Waals surface area contributed by atoms with Crippen LogP contribution in [0.5, 0.6) is 0 Å². The van der Waals surface area contributed by atoms with Gasteiger partial charge in [0.2, 0.25) is 5.91 Å². The van der Waals surface area contributed by atoms with E-state index in [-0.39, 0.29) is 29.9 Å². The summed E-state index contributed by atoms with van der Waals surface area (Å²) in [5, 5.41) is 1.39. The smallest absolute Gasteiger partial charge is 0.225 e. The molecule has 0 spiro atoms. The Labute approximate surface area is 140 Å². The first kappa shape index (κ1) is 16.6. The lowest BCUT2D eigenvalue weighted by Crippen LogP contribution is -2.39. The second-order valence-electron chi connectivity index (χ2n) is 6.30. The van der Waals surface area contributed by atoms with Crippen molar-refractivity contribution >= 4 is 32.9 Å². The van der Waals surface area contributed by atoms with Gasteiger partial charge in [-0.25, -0.2) is 8.42 Å². The van der Waals surface area contributed by atoms with E-state index in [2.05, 4.69) is 0 Å². The number of hydrogen-bond acceptors (Lipinski definition) is 5. The van der Waals surface area contributed by atoms with E-state index < -0.39 is 15.1 Å². The minimum Gasteiger partial charge on any atom is -0.341 e. The number of nitrogens with zero attached hydrogens (tertiary/aromatic N) is 1. The molecule has 0 aromatic carbocycles. The van der Waals surface area contributed by atoms with Crippen LogP contribution in [0.3, 0.4) is 0 Å². The predicted molar refractivity (Wildman–Crippen MR) is 89.0 cm³/mol. The molecule has 0 radical (unpaired) electrons. The number of hydrogen-bond donors (Lipinski definition) is 0. The Morgan fingerprint density at radius 3 is 2.57 bits per heavy atom. The molecule has 0 bridgehead atoms. The van der Waals surface area contributed by atoms with Crippen LogP contribution in [-0.4, -0.2) is 43.9 Å². The van der Waals surface area contributed by atoms with Gasteiger partial charge in [-0.15, -0.1) is 11.3 Å². The summed E-state index contributed by atoms with van der Waals surface area (Å²) in [6.07, 6.45) is 2.62. The molecule has 1 aromatic heterocycles. The first-order chi connectivity index (χ1) is 11.0. The van der Waals surface area contributed by atoms with Crippen molar-refractivity contribution in [2.24, 2.45) is 5.92 Å². The molecule has 1 aliphatic heterocycles. The van der Waals surface area contributed by atoms with E-state index in [0.29, 0.717) is 38.6 Å². The van der Waals surface area contributed by atoms with E-state index in [1.807, 2.05) is 17.5 Å². The molecule has 1 aromatic rings. The third kappa shape index (κ3) is 3.66. The number of amides is 1. The van der Waals surface area contributed by atoms with Gasteiger partial charge in [-0.05, 0) is 30.7 Å². The molecule has 2 aliphatic rings. The van der Waals surface area contributed by atoms with E-state index in [4.69, 9.17) is 0 Å². The first-order valence-electron chi connectivity index (χ1n) is 8.03.